The summed E-state index contributed by atoms with van der Waals surface area (Å²) in [4.78, 5) is 11.9. The summed E-state index contributed by atoms with van der Waals surface area (Å²) in [6, 6.07) is 25.6. The second-order valence-corrected chi connectivity index (χ2v) is 13.0. The lowest BCUT2D eigenvalue weighted by atomic mass is 9.86. The van der Waals surface area contributed by atoms with Crippen molar-refractivity contribution >= 4 is 16.0 Å². The molecule has 206 valence electrons. The van der Waals surface area contributed by atoms with Crippen LogP contribution in [0.15, 0.2) is 83.8 Å². The molecule has 1 aromatic heterocycles. The van der Waals surface area contributed by atoms with Crippen molar-refractivity contribution in [3.63, 3.8) is 0 Å². The molecule has 4 aromatic rings. The minimum Gasteiger partial charge on any atom is -0.470 e. The maximum atomic E-state index is 13.5. The van der Waals surface area contributed by atoms with Crippen LogP contribution in [0.3, 0.4) is 0 Å². The molecule has 3 heterocycles. The van der Waals surface area contributed by atoms with Gasteiger partial charge in [0, 0.05) is 24.7 Å². The van der Waals surface area contributed by atoms with Gasteiger partial charge in [-0.25, -0.2) is 18.1 Å². The number of hydrogen-bond donors (Lipinski definition) is 1. The Kier molecular flexibility index (Phi) is 6.84. The van der Waals surface area contributed by atoms with Crippen LogP contribution < -0.4 is 9.46 Å². The van der Waals surface area contributed by atoms with Gasteiger partial charge >= 0.3 is 0 Å². The largest absolute Gasteiger partial charge is 0.470 e. The molecule has 6 bridgehead atoms. The van der Waals surface area contributed by atoms with Gasteiger partial charge in [0.25, 0.3) is 10.0 Å². The van der Waals surface area contributed by atoms with E-state index in [4.69, 9.17) is 4.74 Å². The molecule has 0 radical (unpaired) electrons. The van der Waals surface area contributed by atoms with Crippen molar-refractivity contribution in [3.05, 3.63) is 101 Å². The highest BCUT2D eigenvalue weighted by atomic mass is 32.2. The molecule has 7 nitrogen and oxygen atoms in total. The number of ether oxygens (including phenoxy) is 1. The fourth-order valence-corrected chi connectivity index (χ4v) is 7.15. The highest BCUT2D eigenvalue weighted by molar-refractivity contribution is 7.92. The Hall–Kier alpha value is -3.75. The topological polar surface area (TPSA) is 84.4 Å². The maximum absolute atomic E-state index is 13.5. The van der Waals surface area contributed by atoms with E-state index in [0.29, 0.717) is 18.1 Å². The van der Waals surface area contributed by atoms with E-state index in [-0.39, 0.29) is 16.8 Å². The predicted octanol–water partition coefficient (Wildman–Crippen LogP) is 6.09. The standard InChI is InChI=1S/C32H34N4O3S/c1-22-9-7-10-23(2)30(22)28-18-29-34-31(33-28)35-40(37,38)27-14-8-13-25(17-27)26-15-16-36(21-32(3,19-26)39-29)20-24-11-5-4-6-12-24/h4-14,17-18,26H,15-16,19-21H2,1-3H3,(H,33,34,35). The Morgan fingerprint density at radius 3 is 2.50 bits per heavy atom. The van der Waals surface area contributed by atoms with E-state index in [0.717, 1.165) is 48.2 Å². The lowest BCUT2D eigenvalue weighted by Crippen LogP contribution is -2.44. The van der Waals surface area contributed by atoms with Gasteiger partial charge in [0.05, 0.1) is 10.6 Å². The first kappa shape index (κ1) is 26.5. The molecule has 40 heavy (non-hydrogen) atoms. The second-order valence-electron chi connectivity index (χ2n) is 11.3. The van der Waals surface area contributed by atoms with Crippen molar-refractivity contribution in [1.29, 1.82) is 0 Å². The van der Waals surface area contributed by atoms with Gasteiger partial charge in [0.15, 0.2) is 0 Å². The summed E-state index contributed by atoms with van der Waals surface area (Å²) in [6.45, 7) is 8.58. The lowest BCUT2D eigenvalue weighted by molar-refractivity contribution is 0.0391. The van der Waals surface area contributed by atoms with Gasteiger partial charge in [0.1, 0.15) is 5.60 Å². The molecule has 0 amide bonds. The number of nitrogens with zero attached hydrogens (tertiary/aromatic N) is 3. The van der Waals surface area contributed by atoms with Crippen LogP contribution in [0.4, 0.5) is 5.95 Å². The molecule has 2 aliphatic heterocycles. The van der Waals surface area contributed by atoms with Crippen LogP contribution in [0, 0.1) is 13.8 Å². The van der Waals surface area contributed by atoms with Crippen molar-refractivity contribution in [1.82, 2.24) is 14.9 Å². The van der Waals surface area contributed by atoms with Crippen molar-refractivity contribution in [2.75, 3.05) is 17.8 Å². The number of likely N-dealkylation sites (tertiary alicyclic amines) is 1. The van der Waals surface area contributed by atoms with Gasteiger partial charge in [-0.05, 0) is 80.5 Å². The van der Waals surface area contributed by atoms with E-state index in [1.54, 1.807) is 12.1 Å². The quantitative estimate of drug-likeness (QED) is 0.330. The number of nitrogens with one attached hydrogen (secondary N) is 1. The fourth-order valence-electron chi connectivity index (χ4n) is 6.15. The zero-order chi connectivity index (χ0) is 27.9. The summed E-state index contributed by atoms with van der Waals surface area (Å²) in [7, 11) is -3.91. The van der Waals surface area contributed by atoms with Gasteiger partial charge in [-0.3, -0.25) is 4.90 Å². The number of rotatable bonds is 3. The van der Waals surface area contributed by atoms with E-state index >= 15 is 0 Å². The monoisotopic (exact) mass is 554 g/mol. The molecular formula is C32H34N4O3S. The Morgan fingerprint density at radius 2 is 1.73 bits per heavy atom. The summed E-state index contributed by atoms with van der Waals surface area (Å²) < 4.78 is 36.4. The molecular weight excluding hydrogens is 520 g/mol. The Balaban J connectivity index is 1.48. The molecule has 2 aliphatic rings. The first-order valence-electron chi connectivity index (χ1n) is 13.7. The summed E-state index contributed by atoms with van der Waals surface area (Å²) in [5.74, 6) is 0.480. The van der Waals surface area contributed by atoms with Crippen LogP contribution >= 0.6 is 0 Å². The molecule has 8 heteroatoms. The average Bonchev–Trinajstić information content (AvgIpc) is 3.06. The fraction of sp³-hybridized carbons (Fsp3) is 0.312. The van der Waals surface area contributed by atoms with Gasteiger partial charge in [-0.15, -0.1) is 0 Å². The van der Waals surface area contributed by atoms with Crippen molar-refractivity contribution in [3.8, 4) is 17.1 Å². The minimum absolute atomic E-state index is 0.00366. The zero-order valence-corrected chi connectivity index (χ0v) is 23.9. The first-order valence-corrected chi connectivity index (χ1v) is 15.2. The maximum Gasteiger partial charge on any atom is 0.264 e. The predicted molar refractivity (Wildman–Crippen MR) is 157 cm³/mol. The molecule has 0 spiro atoms. The molecule has 1 saturated heterocycles. The van der Waals surface area contributed by atoms with Crippen LogP contribution in [-0.4, -0.2) is 42.0 Å². The van der Waals surface area contributed by atoms with Crippen molar-refractivity contribution in [2.45, 2.75) is 56.6 Å². The van der Waals surface area contributed by atoms with Crippen LogP contribution in [0.25, 0.3) is 11.3 Å². The Morgan fingerprint density at radius 1 is 0.975 bits per heavy atom. The van der Waals surface area contributed by atoms with Crippen LogP contribution in [-0.2, 0) is 16.6 Å². The van der Waals surface area contributed by atoms with Crippen LogP contribution in [0.2, 0.25) is 0 Å². The molecule has 6 rings (SSSR count). The number of anilines is 1. The van der Waals surface area contributed by atoms with Gasteiger partial charge < -0.3 is 4.74 Å². The van der Waals surface area contributed by atoms with E-state index in [1.807, 2.05) is 56.3 Å². The van der Waals surface area contributed by atoms with Gasteiger partial charge in [-0.2, -0.15) is 4.98 Å². The third kappa shape index (κ3) is 5.46. The van der Waals surface area contributed by atoms with Crippen LogP contribution in [0.5, 0.6) is 5.88 Å². The average molecular weight is 555 g/mol. The molecule has 2 atom stereocenters. The van der Waals surface area contributed by atoms with Gasteiger partial charge in [0.2, 0.25) is 11.8 Å². The minimum atomic E-state index is -3.91. The summed E-state index contributed by atoms with van der Waals surface area (Å²) in [5, 5.41) is 0. The van der Waals surface area contributed by atoms with Crippen molar-refractivity contribution < 1.29 is 13.2 Å². The smallest absolute Gasteiger partial charge is 0.264 e. The van der Waals surface area contributed by atoms with E-state index < -0.39 is 15.6 Å². The molecule has 1 N–H and O–H groups in total. The number of aromatic nitrogens is 2. The van der Waals surface area contributed by atoms with Crippen LogP contribution in [0.1, 0.15) is 47.9 Å². The molecule has 3 aromatic carbocycles. The Labute approximate surface area is 236 Å². The third-order valence-electron chi connectivity index (χ3n) is 7.94. The number of fused-ring (bicyclic) bond motifs is 7. The highest BCUT2D eigenvalue weighted by Gasteiger charge is 2.37. The lowest BCUT2D eigenvalue weighted by Gasteiger charge is -2.34. The normalized spacial score (nSPS) is 22.1. The number of benzene rings is 3. The Bertz CT molecular complexity index is 1640. The number of aryl methyl sites for hydroxylation is 2. The molecule has 0 aliphatic carbocycles. The third-order valence-corrected chi connectivity index (χ3v) is 9.26. The van der Waals surface area contributed by atoms with Gasteiger partial charge in [-0.1, -0.05) is 60.7 Å². The summed E-state index contributed by atoms with van der Waals surface area (Å²) >= 11 is 0. The molecule has 1 fully saturated rings. The van der Waals surface area contributed by atoms with E-state index in [1.165, 1.54) is 5.56 Å². The SMILES string of the molecule is Cc1cccc(C)c1-c1cc2nc(n1)NS(=O)(=O)c1cccc(c1)C1CCN(Cc3ccccc3)CC(C)(C1)O2. The number of hydrogen-bond acceptors (Lipinski definition) is 6. The molecule has 2 unspecified atom stereocenters. The second kappa shape index (κ2) is 10.3. The summed E-state index contributed by atoms with van der Waals surface area (Å²) in [6.07, 6.45) is 1.62. The zero-order valence-electron chi connectivity index (χ0n) is 23.1. The van der Waals surface area contributed by atoms with E-state index in [9.17, 15) is 8.42 Å². The molecule has 0 saturated carbocycles. The van der Waals surface area contributed by atoms with E-state index in [2.05, 4.69) is 50.8 Å². The number of sulfonamides is 1. The highest BCUT2D eigenvalue weighted by Crippen LogP contribution is 2.38. The first-order chi connectivity index (χ1) is 19.2. The van der Waals surface area contributed by atoms with Crippen molar-refractivity contribution in [2.24, 2.45) is 0 Å². The summed E-state index contributed by atoms with van der Waals surface area (Å²) in [5.41, 5.74) is 5.33.